The molecule has 0 aromatic rings. The van der Waals surface area contributed by atoms with Gasteiger partial charge in [-0.3, -0.25) is 14.4 Å². The third kappa shape index (κ3) is 47.9. The minimum Gasteiger partial charge on any atom is -0.462 e. The zero-order valence-electron chi connectivity index (χ0n) is 42.5. The van der Waals surface area contributed by atoms with E-state index in [1.807, 2.05) is 0 Å². The van der Waals surface area contributed by atoms with Crippen molar-refractivity contribution in [3.05, 3.63) is 0 Å². The van der Waals surface area contributed by atoms with Gasteiger partial charge in [0.1, 0.15) is 13.2 Å². The molecule has 0 aromatic carbocycles. The standard InChI is InChI=1S/C56H108O6/c1-6-8-9-10-11-12-13-14-19-23-26-33-38-43-48-56(59)62-53(50-61-55(58)47-42-37-32-28-27-30-35-40-45-52(5)7-2)49-60-54(57)46-41-36-31-25-22-20-17-15-16-18-21-24-29-34-39-44-51(3)4/h51-53H,6-50H2,1-5H3/t52?,53-/m0/s1. The number of carbonyl (C=O) groups excluding carboxylic acids is 3. The zero-order valence-corrected chi connectivity index (χ0v) is 42.5. The molecule has 0 spiro atoms. The Kier molecular flexibility index (Phi) is 47.6. The van der Waals surface area contributed by atoms with Gasteiger partial charge in [0.25, 0.3) is 0 Å². The first-order valence-electron chi connectivity index (χ1n) is 27.8. The molecule has 0 aliphatic rings. The van der Waals surface area contributed by atoms with E-state index >= 15 is 0 Å². The second-order valence-corrected chi connectivity index (χ2v) is 19.9. The van der Waals surface area contributed by atoms with E-state index in [-0.39, 0.29) is 31.1 Å². The maximum atomic E-state index is 12.8. The van der Waals surface area contributed by atoms with E-state index in [2.05, 4.69) is 34.6 Å². The van der Waals surface area contributed by atoms with Gasteiger partial charge in [-0.1, -0.05) is 272 Å². The van der Waals surface area contributed by atoms with E-state index in [0.717, 1.165) is 69.6 Å². The molecule has 368 valence electrons. The molecule has 62 heavy (non-hydrogen) atoms. The third-order valence-corrected chi connectivity index (χ3v) is 13.1. The molecule has 6 nitrogen and oxygen atoms in total. The summed E-state index contributed by atoms with van der Waals surface area (Å²) < 4.78 is 16.9. The molecule has 0 aliphatic carbocycles. The second-order valence-electron chi connectivity index (χ2n) is 19.9. The zero-order chi connectivity index (χ0) is 45.4. The number of esters is 3. The summed E-state index contributed by atoms with van der Waals surface area (Å²) in [5, 5.41) is 0. The first-order chi connectivity index (χ1) is 30.3. The Balaban J connectivity index is 4.28. The van der Waals surface area contributed by atoms with Gasteiger partial charge in [0, 0.05) is 19.3 Å². The van der Waals surface area contributed by atoms with Crippen LogP contribution in [-0.4, -0.2) is 37.2 Å². The van der Waals surface area contributed by atoms with E-state index in [1.54, 1.807) is 0 Å². The maximum absolute atomic E-state index is 12.8. The van der Waals surface area contributed by atoms with Gasteiger partial charge in [0.15, 0.2) is 6.10 Å². The third-order valence-electron chi connectivity index (χ3n) is 13.1. The van der Waals surface area contributed by atoms with Crippen LogP contribution in [0.15, 0.2) is 0 Å². The first-order valence-corrected chi connectivity index (χ1v) is 27.8. The average Bonchev–Trinajstić information content (AvgIpc) is 3.26. The molecule has 6 heteroatoms. The lowest BCUT2D eigenvalue weighted by Gasteiger charge is -2.18. The van der Waals surface area contributed by atoms with Gasteiger partial charge in [-0.2, -0.15) is 0 Å². The Bertz CT molecular complexity index is 949. The molecule has 0 fully saturated rings. The van der Waals surface area contributed by atoms with Crippen LogP contribution >= 0.6 is 0 Å². The predicted molar refractivity (Wildman–Crippen MR) is 266 cm³/mol. The molecule has 0 amide bonds. The molecule has 0 heterocycles. The molecule has 0 aromatic heterocycles. The van der Waals surface area contributed by atoms with Gasteiger partial charge in [-0.05, 0) is 31.1 Å². The topological polar surface area (TPSA) is 78.9 Å². The fourth-order valence-corrected chi connectivity index (χ4v) is 8.49. The molecule has 0 rings (SSSR count). The molecular weight excluding hydrogens is 769 g/mol. The van der Waals surface area contributed by atoms with Crippen molar-refractivity contribution in [1.29, 1.82) is 0 Å². The Morgan fingerprint density at radius 2 is 0.613 bits per heavy atom. The fraction of sp³-hybridized carbons (Fsp3) is 0.946. The van der Waals surface area contributed by atoms with Crippen LogP contribution < -0.4 is 0 Å². The summed E-state index contributed by atoms with van der Waals surface area (Å²) in [5.41, 5.74) is 0. The van der Waals surface area contributed by atoms with Crippen LogP contribution in [-0.2, 0) is 28.6 Å². The molecule has 0 aliphatic heterocycles. The maximum Gasteiger partial charge on any atom is 0.306 e. The normalized spacial score (nSPS) is 12.5. The highest BCUT2D eigenvalue weighted by Crippen LogP contribution is 2.18. The van der Waals surface area contributed by atoms with Gasteiger partial charge in [0.2, 0.25) is 0 Å². The first kappa shape index (κ1) is 60.4. The highest BCUT2D eigenvalue weighted by atomic mass is 16.6. The van der Waals surface area contributed by atoms with Crippen LogP contribution in [0.4, 0.5) is 0 Å². The van der Waals surface area contributed by atoms with Crippen molar-refractivity contribution < 1.29 is 28.6 Å². The van der Waals surface area contributed by atoms with Gasteiger partial charge in [0.05, 0.1) is 0 Å². The summed E-state index contributed by atoms with van der Waals surface area (Å²) >= 11 is 0. The molecule has 1 unspecified atom stereocenters. The van der Waals surface area contributed by atoms with Crippen molar-refractivity contribution in [2.75, 3.05) is 13.2 Å². The monoisotopic (exact) mass is 877 g/mol. The Morgan fingerprint density at radius 3 is 0.919 bits per heavy atom. The van der Waals surface area contributed by atoms with E-state index < -0.39 is 6.10 Å². The quantitative estimate of drug-likeness (QED) is 0.0344. The molecule has 0 saturated carbocycles. The van der Waals surface area contributed by atoms with Gasteiger partial charge in [-0.15, -0.1) is 0 Å². The SMILES string of the molecule is CCCCCCCCCCCCCCCCC(=O)O[C@@H](COC(=O)CCCCCCCCCCCCCCCCCC(C)C)COC(=O)CCCCCCCCCCC(C)CC. The van der Waals surface area contributed by atoms with E-state index in [4.69, 9.17) is 14.2 Å². The van der Waals surface area contributed by atoms with Gasteiger partial charge >= 0.3 is 17.9 Å². The van der Waals surface area contributed by atoms with Crippen LogP contribution in [0.25, 0.3) is 0 Å². The lowest BCUT2D eigenvalue weighted by atomic mass is 9.99. The largest absolute Gasteiger partial charge is 0.462 e. The van der Waals surface area contributed by atoms with Crippen LogP contribution in [0.3, 0.4) is 0 Å². The minimum atomic E-state index is -0.762. The lowest BCUT2D eigenvalue weighted by Crippen LogP contribution is -2.30. The van der Waals surface area contributed by atoms with E-state index in [1.165, 1.54) is 199 Å². The minimum absolute atomic E-state index is 0.0632. The molecule has 0 bridgehead atoms. The van der Waals surface area contributed by atoms with Crippen molar-refractivity contribution in [3.63, 3.8) is 0 Å². The Labute approximate surface area is 387 Å². The number of hydrogen-bond donors (Lipinski definition) is 0. The van der Waals surface area contributed by atoms with E-state index in [0.29, 0.717) is 19.3 Å². The van der Waals surface area contributed by atoms with Crippen LogP contribution in [0.2, 0.25) is 0 Å². The highest BCUT2D eigenvalue weighted by molar-refractivity contribution is 5.71. The van der Waals surface area contributed by atoms with Crippen LogP contribution in [0.1, 0.15) is 311 Å². The Morgan fingerprint density at radius 1 is 0.339 bits per heavy atom. The number of carbonyl (C=O) groups is 3. The molecule has 0 radical (unpaired) electrons. The number of unbranched alkanes of at least 4 members (excludes halogenated alkanes) is 34. The smallest absolute Gasteiger partial charge is 0.306 e. The molecule has 0 N–H and O–H groups in total. The predicted octanol–water partition coefficient (Wildman–Crippen LogP) is 18.1. The lowest BCUT2D eigenvalue weighted by molar-refractivity contribution is -0.167. The summed E-state index contributed by atoms with van der Waals surface area (Å²) in [5.74, 6) is 0.853. The van der Waals surface area contributed by atoms with Crippen molar-refractivity contribution in [2.24, 2.45) is 11.8 Å². The number of ether oxygens (including phenoxy) is 3. The van der Waals surface area contributed by atoms with Crippen LogP contribution in [0, 0.1) is 11.8 Å². The molecular formula is C56H108O6. The highest BCUT2D eigenvalue weighted by Gasteiger charge is 2.19. The summed E-state index contributed by atoms with van der Waals surface area (Å²) in [6.45, 7) is 11.4. The molecule has 2 atom stereocenters. The van der Waals surface area contributed by atoms with Gasteiger partial charge < -0.3 is 14.2 Å². The van der Waals surface area contributed by atoms with E-state index in [9.17, 15) is 14.4 Å². The van der Waals surface area contributed by atoms with Crippen molar-refractivity contribution in [2.45, 2.75) is 317 Å². The summed E-state index contributed by atoms with van der Waals surface area (Å²) in [4.78, 5) is 38.0. The average molecular weight is 877 g/mol. The number of hydrogen-bond acceptors (Lipinski definition) is 6. The molecule has 0 saturated heterocycles. The van der Waals surface area contributed by atoms with Crippen LogP contribution in [0.5, 0.6) is 0 Å². The Hall–Kier alpha value is -1.59. The summed E-state index contributed by atoms with van der Waals surface area (Å²) in [6.07, 6.45) is 50.8. The summed E-state index contributed by atoms with van der Waals surface area (Å²) in [6, 6.07) is 0. The summed E-state index contributed by atoms with van der Waals surface area (Å²) in [7, 11) is 0. The van der Waals surface area contributed by atoms with Crippen molar-refractivity contribution in [3.8, 4) is 0 Å². The fourth-order valence-electron chi connectivity index (χ4n) is 8.49. The van der Waals surface area contributed by atoms with Gasteiger partial charge in [-0.25, -0.2) is 0 Å². The number of rotatable bonds is 50. The van der Waals surface area contributed by atoms with Crippen molar-refractivity contribution >= 4 is 17.9 Å². The second kappa shape index (κ2) is 48.9. The van der Waals surface area contributed by atoms with Crippen molar-refractivity contribution in [1.82, 2.24) is 0 Å².